The number of hydrogen-bond donors (Lipinski definition) is 1. The quantitative estimate of drug-likeness (QED) is 0.718. The lowest BCUT2D eigenvalue weighted by Crippen LogP contribution is -2.38. The van der Waals surface area contributed by atoms with Crippen molar-refractivity contribution in [1.82, 2.24) is 10.2 Å². The summed E-state index contributed by atoms with van der Waals surface area (Å²) in [6, 6.07) is 14.3. The van der Waals surface area contributed by atoms with Crippen LogP contribution in [0.3, 0.4) is 0 Å². The summed E-state index contributed by atoms with van der Waals surface area (Å²) in [6.07, 6.45) is 0. The Morgan fingerprint density at radius 2 is 1.96 bits per heavy atom. The molecule has 1 amide bonds. The summed E-state index contributed by atoms with van der Waals surface area (Å²) in [5, 5.41) is 3.13. The first-order valence-electron chi connectivity index (χ1n) is 7.75. The van der Waals surface area contributed by atoms with E-state index in [1.807, 2.05) is 23.1 Å². The van der Waals surface area contributed by atoms with E-state index in [1.165, 1.54) is 9.75 Å². The van der Waals surface area contributed by atoms with Crippen LogP contribution in [-0.4, -0.2) is 37.6 Å². The Bertz CT molecular complexity index is 598. The van der Waals surface area contributed by atoms with Gasteiger partial charge >= 0.3 is 0 Å². The van der Waals surface area contributed by atoms with E-state index in [-0.39, 0.29) is 5.91 Å². The lowest BCUT2D eigenvalue weighted by molar-refractivity contribution is -0.131. The van der Waals surface area contributed by atoms with Crippen molar-refractivity contribution in [2.24, 2.45) is 0 Å². The van der Waals surface area contributed by atoms with Crippen molar-refractivity contribution in [1.29, 1.82) is 0 Å². The standard InChI is InChI=1S/C18H24N2O2S/c1-15-8-9-17(23-15)14-20(13-16-6-4-3-5-7-16)18(21)12-19-10-11-22-2/h3-9,19H,10-14H2,1-2H3. The second-order valence-corrected chi connectivity index (χ2v) is 6.79. The minimum Gasteiger partial charge on any atom is -0.383 e. The molecule has 0 spiro atoms. The van der Waals surface area contributed by atoms with Crippen LogP contribution in [0.15, 0.2) is 42.5 Å². The highest BCUT2D eigenvalue weighted by molar-refractivity contribution is 7.11. The third-order valence-electron chi connectivity index (χ3n) is 3.47. The van der Waals surface area contributed by atoms with Gasteiger partial charge in [-0.25, -0.2) is 0 Å². The molecule has 2 aromatic rings. The van der Waals surface area contributed by atoms with Gasteiger partial charge in [0.05, 0.1) is 19.7 Å². The van der Waals surface area contributed by atoms with Gasteiger partial charge in [0.15, 0.2) is 0 Å². The third-order valence-corrected chi connectivity index (χ3v) is 4.46. The van der Waals surface area contributed by atoms with Crippen molar-refractivity contribution in [3.63, 3.8) is 0 Å². The first kappa shape index (κ1) is 17.7. The molecular weight excluding hydrogens is 308 g/mol. The number of methoxy groups -OCH3 is 1. The van der Waals surface area contributed by atoms with Crippen molar-refractivity contribution < 1.29 is 9.53 Å². The summed E-state index contributed by atoms with van der Waals surface area (Å²) in [6.45, 7) is 4.99. The molecule has 0 radical (unpaired) electrons. The molecule has 0 unspecified atom stereocenters. The van der Waals surface area contributed by atoms with E-state index < -0.39 is 0 Å². The van der Waals surface area contributed by atoms with E-state index in [0.29, 0.717) is 32.8 Å². The van der Waals surface area contributed by atoms with Crippen LogP contribution in [0, 0.1) is 6.92 Å². The second kappa shape index (κ2) is 9.45. The number of hydrogen-bond acceptors (Lipinski definition) is 4. The van der Waals surface area contributed by atoms with Crippen LogP contribution < -0.4 is 5.32 Å². The molecule has 0 saturated carbocycles. The number of nitrogens with one attached hydrogen (secondary N) is 1. The number of ether oxygens (including phenoxy) is 1. The average molecular weight is 332 g/mol. The highest BCUT2D eigenvalue weighted by Gasteiger charge is 2.15. The highest BCUT2D eigenvalue weighted by Crippen LogP contribution is 2.18. The van der Waals surface area contributed by atoms with Crippen molar-refractivity contribution in [2.75, 3.05) is 26.8 Å². The molecule has 1 N–H and O–H groups in total. The van der Waals surface area contributed by atoms with Gasteiger partial charge in [-0.3, -0.25) is 4.79 Å². The van der Waals surface area contributed by atoms with E-state index in [4.69, 9.17) is 4.74 Å². The van der Waals surface area contributed by atoms with Gasteiger partial charge in [0, 0.05) is 30.0 Å². The normalized spacial score (nSPS) is 10.7. The molecule has 1 aromatic carbocycles. The number of aryl methyl sites for hydroxylation is 1. The fourth-order valence-corrected chi connectivity index (χ4v) is 3.18. The summed E-state index contributed by atoms with van der Waals surface area (Å²) in [5.41, 5.74) is 1.14. The molecule has 0 atom stereocenters. The smallest absolute Gasteiger partial charge is 0.237 e. The number of carbonyl (C=O) groups excluding carboxylic acids is 1. The molecule has 0 aliphatic heterocycles. The lowest BCUT2D eigenvalue weighted by Gasteiger charge is -2.22. The van der Waals surface area contributed by atoms with Crippen LogP contribution in [0.5, 0.6) is 0 Å². The fraction of sp³-hybridized carbons (Fsp3) is 0.389. The van der Waals surface area contributed by atoms with Crippen molar-refractivity contribution in [3.8, 4) is 0 Å². The predicted octanol–water partition coefficient (Wildman–Crippen LogP) is 2.82. The molecule has 0 aliphatic carbocycles. The lowest BCUT2D eigenvalue weighted by atomic mass is 10.2. The third kappa shape index (κ3) is 6.14. The van der Waals surface area contributed by atoms with Gasteiger partial charge < -0.3 is 15.0 Å². The minimum absolute atomic E-state index is 0.107. The number of carbonyl (C=O) groups is 1. The van der Waals surface area contributed by atoms with Crippen LogP contribution in [0.25, 0.3) is 0 Å². The Balaban J connectivity index is 1.99. The van der Waals surface area contributed by atoms with E-state index in [2.05, 4.69) is 36.5 Å². The molecule has 4 nitrogen and oxygen atoms in total. The fourth-order valence-electron chi connectivity index (χ4n) is 2.28. The zero-order chi connectivity index (χ0) is 16.5. The topological polar surface area (TPSA) is 41.6 Å². The van der Waals surface area contributed by atoms with E-state index in [9.17, 15) is 4.79 Å². The molecule has 1 aromatic heterocycles. The Morgan fingerprint density at radius 3 is 2.61 bits per heavy atom. The number of rotatable bonds is 9. The van der Waals surface area contributed by atoms with Gasteiger partial charge in [-0.1, -0.05) is 30.3 Å². The molecule has 1 heterocycles. The highest BCUT2D eigenvalue weighted by atomic mass is 32.1. The SMILES string of the molecule is COCCNCC(=O)N(Cc1ccccc1)Cc1ccc(C)s1. The van der Waals surface area contributed by atoms with Gasteiger partial charge in [-0.05, 0) is 24.6 Å². The van der Waals surface area contributed by atoms with Crippen molar-refractivity contribution >= 4 is 17.2 Å². The molecule has 124 valence electrons. The number of amides is 1. The molecule has 23 heavy (non-hydrogen) atoms. The van der Waals surface area contributed by atoms with Crippen molar-refractivity contribution in [2.45, 2.75) is 20.0 Å². The Kier molecular flexibility index (Phi) is 7.26. The number of thiophene rings is 1. The summed E-state index contributed by atoms with van der Waals surface area (Å²) in [7, 11) is 1.66. The van der Waals surface area contributed by atoms with Gasteiger partial charge in [0.25, 0.3) is 0 Å². The number of nitrogens with zero attached hydrogens (tertiary/aromatic N) is 1. The Hall–Kier alpha value is -1.69. The maximum atomic E-state index is 12.5. The van der Waals surface area contributed by atoms with Crippen LogP contribution in [0.2, 0.25) is 0 Å². The predicted molar refractivity (Wildman–Crippen MR) is 94.5 cm³/mol. The summed E-state index contributed by atoms with van der Waals surface area (Å²) < 4.78 is 4.99. The molecular formula is C18H24N2O2S. The molecule has 0 aliphatic rings. The van der Waals surface area contributed by atoms with Crippen LogP contribution in [0.1, 0.15) is 15.3 Å². The van der Waals surface area contributed by atoms with E-state index in [0.717, 1.165) is 5.56 Å². The van der Waals surface area contributed by atoms with E-state index in [1.54, 1.807) is 18.4 Å². The molecule has 5 heteroatoms. The summed E-state index contributed by atoms with van der Waals surface area (Å²) >= 11 is 1.74. The zero-order valence-corrected chi connectivity index (χ0v) is 14.6. The first-order valence-corrected chi connectivity index (χ1v) is 8.57. The second-order valence-electron chi connectivity index (χ2n) is 5.42. The van der Waals surface area contributed by atoms with Gasteiger partial charge in [0.1, 0.15) is 0 Å². The largest absolute Gasteiger partial charge is 0.383 e. The maximum absolute atomic E-state index is 12.5. The molecule has 0 saturated heterocycles. The molecule has 0 bridgehead atoms. The van der Waals surface area contributed by atoms with Crippen LogP contribution in [0.4, 0.5) is 0 Å². The number of benzene rings is 1. The van der Waals surface area contributed by atoms with Gasteiger partial charge in [0.2, 0.25) is 5.91 Å². The van der Waals surface area contributed by atoms with Gasteiger partial charge in [-0.15, -0.1) is 11.3 Å². The Labute approximate surface area is 142 Å². The van der Waals surface area contributed by atoms with Gasteiger partial charge in [-0.2, -0.15) is 0 Å². The van der Waals surface area contributed by atoms with Crippen LogP contribution in [-0.2, 0) is 22.6 Å². The molecule has 2 rings (SSSR count). The average Bonchev–Trinajstić information content (AvgIpc) is 2.97. The minimum atomic E-state index is 0.107. The maximum Gasteiger partial charge on any atom is 0.237 e. The van der Waals surface area contributed by atoms with Crippen LogP contribution >= 0.6 is 11.3 Å². The first-order chi connectivity index (χ1) is 11.2. The van der Waals surface area contributed by atoms with Crippen molar-refractivity contribution in [3.05, 3.63) is 57.8 Å². The summed E-state index contributed by atoms with van der Waals surface area (Å²) in [4.78, 5) is 16.9. The Morgan fingerprint density at radius 1 is 1.17 bits per heavy atom. The molecule has 0 fully saturated rings. The summed E-state index contributed by atoms with van der Waals surface area (Å²) in [5.74, 6) is 0.107. The monoisotopic (exact) mass is 332 g/mol. The zero-order valence-electron chi connectivity index (χ0n) is 13.7. The van der Waals surface area contributed by atoms with E-state index >= 15 is 0 Å².